The smallest absolute Gasteiger partial charge is 0.167 e. The van der Waals surface area contributed by atoms with E-state index in [2.05, 4.69) is 15.0 Å². The lowest BCUT2D eigenvalue weighted by atomic mass is 10.1. The lowest BCUT2D eigenvalue weighted by Crippen LogP contribution is -2.32. The zero-order chi connectivity index (χ0) is 19.1. The average molecular weight is 428 g/mol. The topological polar surface area (TPSA) is 119 Å². The van der Waals surface area contributed by atoms with Crippen LogP contribution < -0.4 is 5.73 Å². The highest BCUT2D eigenvalue weighted by Gasteiger charge is 2.44. The number of imidazole rings is 1. The summed E-state index contributed by atoms with van der Waals surface area (Å²) in [6.07, 6.45) is -0.945. The van der Waals surface area contributed by atoms with E-state index in [-0.39, 0.29) is 5.82 Å². The summed E-state index contributed by atoms with van der Waals surface area (Å²) in [5, 5.41) is 21.8. The zero-order valence-electron chi connectivity index (χ0n) is 13.7. The molecule has 11 heteroatoms. The van der Waals surface area contributed by atoms with Crippen molar-refractivity contribution in [1.82, 2.24) is 19.5 Å². The van der Waals surface area contributed by atoms with Crippen molar-refractivity contribution in [3.05, 3.63) is 40.9 Å². The fraction of sp³-hybridized carbons (Fsp3) is 0.312. The quantitative estimate of drug-likeness (QED) is 0.541. The Hall–Kier alpha value is -1.62. The molecule has 142 valence electrons. The highest BCUT2D eigenvalue weighted by Crippen LogP contribution is 2.37. The minimum absolute atomic E-state index is 0.231. The SMILES string of the molecule is Nc1ncnc2c1ncn2[C@@H]1O[C@H](CSc2cccc(Cl)c2Cl)[C@@H](O)[C@H]1O. The third-order valence-corrected chi connectivity index (χ3v) is 6.40. The molecule has 8 nitrogen and oxygen atoms in total. The lowest BCUT2D eigenvalue weighted by Gasteiger charge is -2.16. The second-order valence-corrected chi connectivity index (χ2v) is 7.84. The van der Waals surface area contributed by atoms with E-state index in [0.717, 1.165) is 4.90 Å². The Balaban J connectivity index is 1.54. The molecular formula is C16H15Cl2N5O3S. The van der Waals surface area contributed by atoms with E-state index >= 15 is 0 Å². The maximum Gasteiger partial charge on any atom is 0.167 e. The van der Waals surface area contributed by atoms with E-state index in [9.17, 15) is 10.2 Å². The van der Waals surface area contributed by atoms with Gasteiger partial charge in [-0.25, -0.2) is 15.0 Å². The van der Waals surface area contributed by atoms with Crippen LogP contribution in [-0.4, -0.2) is 53.8 Å². The average Bonchev–Trinajstić information content (AvgIpc) is 3.20. The highest BCUT2D eigenvalue weighted by atomic mass is 35.5. The number of aliphatic hydroxyl groups is 2. The van der Waals surface area contributed by atoms with Crippen molar-refractivity contribution in [3.63, 3.8) is 0 Å². The van der Waals surface area contributed by atoms with Crippen molar-refractivity contribution in [2.75, 3.05) is 11.5 Å². The third-order valence-electron chi connectivity index (χ3n) is 4.32. The van der Waals surface area contributed by atoms with Gasteiger partial charge in [-0.2, -0.15) is 0 Å². The fourth-order valence-corrected chi connectivity index (χ4v) is 4.47. The van der Waals surface area contributed by atoms with Crippen molar-refractivity contribution >= 4 is 51.9 Å². The standard InChI is InChI=1S/C16H15Cl2N5O3S/c17-7-2-1-3-9(10(7)18)27-4-8-12(24)13(25)16(26-8)23-6-22-11-14(19)20-5-21-15(11)23/h1-3,5-6,8,12-13,16,24-25H,4H2,(H2,19,20,21)/t8-,12-,13-,16-/m1/s1. The van der Waals surface area contributed by atoms with Crippen LogP contribution >= 0.6 is 35.0 Å². The molecule has 3 aromatic rings. The molecule has 0 spiro atoms. The number of nitrogen functional groups attached to an aromatic ring is 1. The van der Waals surface area contributed by atoms with Gasteiger partial charge in [-0.15, -0.1) is 11.8 Å². The highest BCUT2D eigenvalue weighted by molar-refractivity contribution is 7.99. The monoisotopic (exact) mass is 427 g/mol. The summed E-state index contributed by atoms with van der Waals surface area (Å²) >= 11 is 13.6. The van der Waals surface area contributed by atoms with Crippen molar-refractivity contribution in [1.29, 1.82) is 0 Å². The number of rotatable bonds is 4. The molecule has 0 aliphatic carbocycles. The molecule has 1 aliphatic rings. The molecule has 0 unspecified atom stereocenters. The summed E-state index contributed by atoms with van der Waals surface area (Å²) in [5.74, 6) is 0.605. The number of ether oxygens (including phenoxy) is 1. The number of nitrogens with two attached hydrogens (primary N) is 1. The molecule has 0 radical (unpaired) electrons. The summed E-state index contributed by atoms with van der Waals surface area (Å²) in [7, 11) is 0. The van der Waals surface area contributed by atoms with E-state index < -0.39 is 24.5 Å². The van der Waals surface area contributed by atoms with E-state index in [1.165, 1.54) is 29.0 Å². The number of hydrogen-bond acceptors (Lipinski definition) is 8. The predicted octanol–water partition coefficient (Wildman–Crippen LogP) is 2.13. The zero-order valence-corrected chi connectivity index (χ0v) is 16.1. The molecule has 27 heavy (non-hydrogen) atoms. The van der Waals surface area contributed by atoms with Gasteiger partial charge in [0.05, 0.1) is 22.5 Å². The maximum atomic E-state index is 10.5. The summed E-state index contributed by atoms with van der Waals surface area (Å²) in [5.41, 5.74) is 6.62. The predicted molar refractivity (Wildman–Crippen MR) is 103 cm³/mol. The molecular weight excluding hydrogens is 413 g/mol. The normalized spacial score (nSPS) is 25.3. The van der Waals surface area contributed by atoms with Crippen LogP contribution in [0.15, 0.2) is 35.7 Å². The van der Waals surface area contributed by atoms with Gasteiger partial charge in [-0.3, -0.25) is 4.57 Å². The van der Waals surface area contributed by atoms with Crippen LogP contribution in [0.1, 0.15) is 6.23 Å². The van der Waals surface area contributed by atoms with Gasteiger partial charge in [0.15, 0.2) is 17.7 Å². The number of anilines is 1. The Morgan fingerprint density at radius 2 is 2.00 bits per heavy atom. The minimum Gasteiger partial charge on any atom is -0.387 e. The first-order valence-corrected chi connectivity index (χ1v) is 9.73. The largest absolute Gasteiger partial charge is 0.387 e. The molecule has 0 bridgehead atoms. The van der Waals surface area contributed by atoms with Crippen molar-refractivity contribution in [2.24, 2.45) is 0 Å². The minimum atomic E-state index is -1.15. The number of fused-ring (bicyclic) bond motifs is 1. The lowest BCUT2D eigenvalue weighted by molar-refractivity contribution is -0.0289. The summed E-state index contributed by atoms with van der Waals surface area (Å²) in [4.78, 5) is 13.0. The summed E-state index contributed by atoms with van der Waals surface area (Å²) in [6.45, 7) is 0. The van der Waals surface area contributed by atoms with E-state index in [4.69, 9.17) is 33.7 Å². The van der Waals surface area contributed by atoms with Crippen LogP contribution in [-0.2, 0) is 4.74 Å². The van der Waals surface area contributed by atoms with Crippen LogP contribution in [0.4, 0.5) is 5.82 Å². The Labute approximate surface area is 168 Å². The molecule has 4 N–H and O–H groups in total. The van der Waals surface area contributed by atoms with E-state index in [0.29, 0.717) is 27.0 Å². The van der Waals surface area contributed by atoms with E-state index in [1.54, 1.807) is 12.1 Å². The molecule has 4 rings (SSSR count). The molecule has 1 fully saturated rings. The van der Waals surface area contributed by atoms with Gasteiger partial charge >= 0.3 is 0 Å². The van der Waals surface area contributed by atoms with Crippen molar-refractivity contribution < 1.29 is 14.9 Å². The molecule has 1 aliphatic heterocycles. The second-order valence-electron chi connectivity index (χ2n) is 5.99. The molecule has 0 saturated carbocycles. The number of benzene rings is 1. The maximum absolute atomic E-state index is 10.5. The van der Waals surface area contributed by atoms with Gasteiger partial charge in [-0.05, 0) is 12.1 Å². The number of aliphatic hydroxyl groups excluding tert-OH is 2. The van der Waals surface area contributed by atoms with Gasteiger partial charge in [0.2, 0.25) is 0 Å². The van der Waals surface area contributed by atoms with Gasteiger partial charge in [0, 0.05) is 10.6 Å². The number of aromatic nitrogens is 4. The van der Waals surface area contributed by atoms with Crippen LogP contribution in [0.3, 0.4) is 0 Å². The first-order chi connectivity index (χ1) is 13.0. The summed E-state index contributed by atoms with van der Waals surface area (Å²) < 4.78 is 7.43. The van der Waals surface area contributed by atoms with Gasteiger partial charge in [0.1, 0.15) is 24.1 Å². The Bertz CT molecular complexity index is 988. The Kier molecular flexibility index (Phi) is 5.15. The number of halogens is 2. The van der Waals surface area contributed by atoms with Crippen LogP contribution in [0.2, 0.25) is 10.0 Å². The van der Waals surface area contributed by atoms with Crippen LogP contribution in [0.25, 0.3) is 11.2 Å². The molecule has 3 heterocycles. The van der Waals surface area contributed by atoms with Crippen molar-refractivity contribution in [2.45, 2.75) is 29.4 Å². The van der Waals surface area contributed by atoms with Crippen LogP contribution in [0, 0.1) is 0 Å². The summed E-state index contributed by atoms with van der Waals surface area (Å²) in [6, 6.07) is 5.32. The Morgan fingerprint density at radius 1 is 1.19 bits per heavy atom. The molecule has 2 aromatic heterocycles. The Morgan fingerprint density at radius 3 is 2.81 bits per heavy atom. The molecule has 0 amide bonds. The first-order valence-electron chi connectivity index (χ1n) is 7.98. The van der Waals surface area contributed by atoms with E-state index in [1.807, 2.05) is 6.07 Å². The molecule has 1 saturated heterocycles. The van der Waals surface area contributed by atoms with Gasteiger partial charge in [-0.1, -0.05) is 29.3 Å². The third kappa shape index (κ3) is 3.35. The number of thioether (sulfide) groups is 1. The van der Waals surface area contributed by atoms with Gasteiger partial charge < -0.3 is 20.7 Å². The fourth-order valence-electron chi connectivity index (χ4n) is 2.92. The first kappa shape index (κ1) is 18.7. The number of nitrogens with zero attached hydrogens (tertiary/aromatic N) is 4. The van der Waals surface area contributed by atoms with Crippen molar-refractivity contribution in [3.8, 4) is 0 Å². The molecule has 4 atom stereocenters. The van der Waals surface area contributed by atoms with Crippen LogP contribution in [0.5, 0.6) is 0 Å². The number of hydrogen-bond donors (Lipinski definition) is 3. The second kappa shape index (κ2) is 7.42. The van der Waals surface area contributed by atoms with Gasteiger partial charge in [0.25, 0.3) is 0 Å². The molecule has 1 aromatic carbocycles.